The number of rotatable bonds is 6. The van der Waals surface area contributed by atoms with Crippen molar-refractivity contribution in [3.05, 3.63) is 71.6 Å². The zero-order valence-electron chi connectivity index (χ0n) is 18.0. The summed E-state index contributed by atoms with van der Waals surface area (Å²) in [5.74, 6) is -0.700. The first-order valence-corrected chi connectivity index (χ1v) is 10.2. The van der Waals surface area contributed by atoms with E-state index in [-0.39, 0.29) is 5.78 Å². The molecule has 31 heavy (non-hydrogen) atoms. The van der Waals surface area contributed by atoms with Gasteiger partial charge in [0.2, 0.25) is 0 Å². The summed E-state index contributed by atoms with van der Waals surface area (Å²) in [6.07, 6.45) is 7.50. The number of hydrogen-bond acceptors (Lipinski definition) is 6. The highest BCUT2D eigenvalue weighted by Crippen LogP contribution is 2.22. The van der Waals surface area contributed by atoms with E-state index in [9.17, 15) is 9.59 Å². The maximum Gasteiger partial charge on any atom is 0.267 e. The minimum absolute atomic E-state index is 0.0738. The standard InChI is InChI=1S/C24H28N4O3/c1-17-15-28(16-18(2)27(17)3)22-10-6-20(7-11-22)23(29)12-5-19-4-8-21(25-14-19)9-13-24(30)26-31/h4-14,17-18,31H,15-16H2,1-3H3,(H,26,30)/b12-5+,13-9+/t17-,18+. The number of aromatic nitrogens is 1. The number of allylic oxidation sites excluding steroid dienone is 1. The molecule has 0 saturated carbocycles. The van der Waals surface area contributed by atoms with Crippen LogP contribution >= 0.6 is 0 Å². The summed E-state index contributed by atoms with van der Waals surface area (Å²) in [6.45, 7) is 6.40. The smallest absolute Gasteiger partial charge is 0.267 e. The van der Waals surface area contributed by atoms with Gasteiger partial charge in [-0.2, -0.15) is 0 Å². The molecule has 1 aliphatic heterocycles. The third-order valence-corrected chi connectivity index (χ3v) is 5.63. The van der Waals surface area contributed by atoms with Crippen molar-refractivity contribution in [2.45, 2.75) is 25.9 Å². The number of carbonyl (C=O) groups excluding carboxylic acids is 2. The SMILES string of the molecule is C[C@@H]1CN(c2ccc(C(=O)/C=C/c3ccc(/C=C/C(=O)NO)nc3)cc2)C[C@H](C)N1C. The number of hydrogen-bond donors (Lipinski definition) is 2. The van der Waals surface area contributed by atoms with Crippen LogP contribution in [-0.2, 0) is 4.79 Å². The van der Waals surface area contributed by atoms with Crippen molar-refractivity contribution < 1.29 is 14.8 Å². The molecule has 1 amide bonds. The van der Waals surface area contributed by atoms with Crippen LogP contribution in [0.25, 0.3) is 12.2 Å². The molecule has 2 atom stereocenters. The molecule has 7 nitrogen and oxygen atoms in total. The number of likely N-dealkylation sites (N-methyl/N-ethyl adjacent to an activating group) is 1. The molecule has 1 aromatic carbocycles. The Morgan fingerprint density at radius 3 is 2.29 bits per heavy atom. The summed E-state index contributed by atoms with van der Waals surface area (Å²) < 4.78 is 0. The van der Waals surface area contributed by atoms with E-state index in [0.29, 0.717) is 23.3 Å². The first-order valence-electron chi connectivity index (χ1n) is 10.2. The van der Waals surface area contributed by atoms with Gasteiger partial charge in [0.05, 0.1) is 5.69 Å². The number of pyridine rings is 1. The molecule has 0 unspecified atom stereocenters. The van der Waals surface area contributed by atoms with E-state index >= 15 is 0 Å². The summed E-state index contributed by atoms with van der Waals surface area (Å²) in [7, 11) is 2.16. The molecule has 7 heteroatoms. The number of anilines is 1. The van der Waals surface area contributed by atoms with Crippen LogP contribution in [0.4, 0.5) is 5.69 Å². The lowest BCUT2D eigenvalue weighted by Gasteiger charge is -2.43. The molecule has 0 bridgehead atoms. The van der Waals surface area contributed by atoms with Crippen LogP contribution in [0.2, 0.25) is 0 Å². The van der Waals surface area contributed by atoms with Crippen molar-refractivity contribution >= 4 is 29.5 Å². The third-order valence-electron chi connectivity index (χ3n) is 5.63. The van der Waals surface area contributed by atoms with Crippen molar-refractivity contribution in [1.29, 1.82) is 0 Å². The molecule has 0 aliphatic carbocycles. The van der Waals surface area contributed by atoms with E-state index < -0.39 is 5.91 Å². The lowest BCUT2D eigenvalue weighted by molar-refractivity contribution is -0.124. The highest BCUT2D eigenvalue weighted by atomic mass is 16.5. The second-order valence-electron chi connectivity index (χ2n) is 7.84. The van der Waals surface area contributed by atoms with Crippen LogP contribution in [0.15, 0.2) is 54.7 Å². The summed E-state index contributed by atoms with van der Waals surface area (Å²) in [5.41, 5.74) is 4.62. The van der Waals surface area contributed by atoms with Gasteiger partial charge in [-0.05, 0) is 75.0 Å². The fraction of sp³-hybridized carbons (Fsp3) is 0.292. The highest BCUT2D eigenvalue weighted by molar-refractivity contribution is 6.07. The minimum atomic E-state index is -0.626. The van der Waals surface area contributed by atoms with E-state index in [4.69, 9.17) is 5.21 Å². The fourth-order valence-corrected chi connectivity index (χ4v) is 3.53. The number of amides is 1. The Bertz CT molecular complexity index is 955. The van der Waals surface area contributed by atoms with Crippen molar-refractivity contribution in [3.63, 3.8) is 0 Å². The first kappa shape index (κ1) is 22.4. The van der Waals surface area contributed by atoms with Crippen molar-refractivity contribution in [3.8, 4) is 0 Å². The summed E-state index contributed by atoms with van der Waals surface area (Å²) in [6, 6.07) is 12.2. The van der Waals surface area contributed by atoms with Gasteiger partial charge in [0.25, 0.3) is 5.91 Å². The Balaban J connectivity index is 1.61. The number of carbonyl (C=O) groups is 2. The Morgan fingerprint density at radius 1 is 1.03 bits per heavy atom. The van der Waals surface area contributed by atoms with Gasteiger partial charge in [0, 0.05) is 48.7 Å². The molecule has 1 aromatic heterocycles. The van der Waals surface area contributed by atoms with Gasteiger partial charge < -0.3 is 4.90 Å². The van der Waals surface area contributed by atoms with Gasteiger partial charge in [0.15, 0.2) is 5.78 Å². The largest absolute Gasteiger partial charge is 0.368 e. The van der Waals surface area contributed by atoms with Gasteiger partial charge in [-0.1, -0.05) is 6.07 Å². The summed E-state index contributed by atoms with van der Waals surface area (Å²) >= 11 is 0. The molecule has 0 spiro atoms. The highest BCUT2D eigenvalue weighted by Gasteiger charge is 2.26. The molecule has 3 rings (SSSR count). The zero-order valence-corrected chi connectivity index (χ0v) is 18.0. The number of hydroxylamine groups is 1. The van der Waals surface area contributed by atoms with Crippen LogP contribution in [0.5, 0.6) is 0 Å². The summed E-state index contributed by atoms with van der Waals surface area (Å²) in [4.78, 5) is 32.5. The Labute approximate surface area is 182 Å². The average Bonchev–Trinajstić information content (AvgIpc) is 2.79. The molecule has 2 aromatic rings. The second-order valence-corrected chi connectivity index (χ2v) is 7.84. The number of nitrogens with one attached hydrogen (secondary N) is 1. The lowest BCUT2D eigenvalue weighted by Crippen LogP contribution is -2.55. The lowest BCUT2D eigenvalue weighted by atomic mass is 10.1. The van der Waals surface area contributed by atoms with Crippen molar-refractivity contribution in [1.82, 2.24) is 15.4 Å². The van der Waals surface area contributed by atoms with Crippen LogP contribution < -0.4 is 10.4 Å². The monoisotopic (exact) mass is 420 g/mol. The number of benzene rings is 1. The van der Waals surface area contributed by atoms with Gasteiger partial charge in [-0.15, -0.1) is 0 Å². The number of ketones is 1. The van der Waals surface area contributed by atoms with Gasteiger partial charge in [0.1, 0.15) is 0 Å². The predicted octanol–water partition coefficient (Wildman–Crippen LogP) is 3.03. The average molecular weight is 421 g/mol. The van der Waals surface area contributed by atoms with Gasteiger partial charge in [-0.3, -0.25) is 24.7 Å². The molecule has 2 N–H and O–H groups in total. The number of piperazine rings is 1. The van der Waals surface area contributed by atoms with Crippen LogP contribution in [0.1, 0.15) is 35.5 Å². The fourth-order valence-electron chi connectivity index (χ4n) is 3.53. The zero-order chi connectivity index (χ0) is 22.4. The molecular weight excluding hydrogens is 392 g/mol. The molecule has 0 radical (unpaired) electrons. The normalized spacial score (nSPS) is 19.8. The first-order chi connectivity index (χ1) is 14.9. The number of nitrogens with zero attached hydrogens (tertiary/aromatic N) is 3. The van der Waals surface area contributed by atoms with Crippen molar-refractivity contribution in [2.24, 2.45) is 0 Å². The van der Waals surface area contributed by atoms with Crippen LogP contribution in [0.3, 0.4) is 0 Å². The molecule has 1 saturated heterocycles. The Hall–Kier alpha value is -3.29. The van der Waals surface area contributed by atoms with Crippen molar-refractivity contribution in [2.75, 3.05) is 25.0 Å². The van der Waals surface area contributed by atoms with E-state index in [0.717, 1.165) is 24.3 Å². The van der Waals surface area contributed by atoms with Gasteiger partial charge in [-0.25, -0.2) is 5.48 Å². The van der Waals surface area contributed by atoms with E-state index in [1.807, 2.05) is 24.3 Å². The second kappa shape index (κ2) is 10.1. The van der Waals surface area contributed by atoms with E-state index in [1.54, 1.807) is 24.4 Å². The topological polar surface area (TPSA) is 85.8 Å². The van der Waals surface area contributed by atoms with E-state index in [2.05, 4.69) is 35.7 Å². The molecular formula is C24H28N4O3. The maximum atomic E-state index is 12.5. The maximum absolute atomic E-state index is 12.5. The van der Waals surface area contributed by atoms with Gasteiger partial charge >= 0.3 is 0 Å². The molecule has 162 valence electrons. The van der Waals surface area contributed by atoms with Crippen LogP contribution in [-0.4, -0.2) is 59.0 Å². The Morgan fingerprint density at radius 2 is 1.71 bits per heavy atom. The Kier molecular flexibility index (Phi) is 7.33. The molecule has 2 heterocycles. The minimum Gasteiger partial charge on any atom is -0.368 e. The molecule has 1 aliphatic rings. The molecule has 1 fully saturated rings. The van der Waals surface area contributed by atoms with Crippen LogP contribution in [0, 0.1) is 0 Å². The quantitative estimate of drug-likeness (QED) is 0.323. The predicted molar refractivity (Wildman–Crippen MR) is 122 cm³/mol. The third kappa shape index (κ3) is 5.87. The summed E-state index contributed by atoms with van der Waals surface area (Å²) in [5, 5.41) is 8.47. The van der Waals surface area contributed by atoms with E-state index in [1.165, 1.54) is 23.7 Å².